The van der Waals surface area contributed by atoms with Crippen molar-refractivity contribution in [2.45, 2.75) is 27.2 Å². The van der Waals surface area contributed by atoms with Crippen molar-refractivity contribution >= 4 is 23.2 Å². The molecule has 1 N–H and O–H groups in total. The minimum absolute atomic E-state index is 0.211. The Morgan fingerprint density at radius 1 is 1.33 bits per heavy atom. The van der Waals surface area contributed by atoms with Gasteiger partial charge >= 0.3 is 5.97 Å². The number of carbonyl (C=O) groups excluding carboxylic acids is 2. The quantitative estimate of drug-likeness (QED) is 0.704. The van der Waals surface area contributed by atoms with Gasteiger partial charge in [-0.05, 0) is 26.4 Å². The Kier molecular flexibility index (Phi) is 7.92. The van der Waals surface area contributed by atoms with Crippen LogP contribution in [-0.4, -0.2) is 54.5 Å². The normalized spacial score (nSPS) is 10.7. The molecular weight excluding hydrogens is 290 g/mol. The number of nitrogens with zero attached hydrogens (tertiary/aromatic N) is 2. The number of carbonyl (C=O) groups is 2. The second kappa shape index (κ2) is 9.46. The third-order valence-corrected chi connectivity index (χ3v) is 3.71. The molecule has 0 aliphatic carbocycles. The highest BCUT2D eigenvalue weighted by Crippen LogP contribution is 2.11. The Bertz CT molecular complexity index is 462. The molecule has 0 atom stereocenters. The molecule has 0 aromatic carbocycles. The average Bonchev–Trinajstić information content (AvgIpc) is 2.96. The van der Waals surface area contributed by atoms with Crippen LogP contribution < -0.4 is 5.32 Å². The van der Waals surface area contributed by atoms with Gasteiger partial charge in [-0.2, -0.15) is 0 Å². The molecule has 0 saturated carbocycles. The number of likely N-dealkylation sites (N-methyl/N-ethyl adjacent to an activating group) is 1. The number of thiazole rings is 1. The van der Waals surface area contributed by atoms with Crippen LogP contribution >= 0.6 is 11.3 Å². The van der Waals surface area contributed by atoms with E-state index in [1.165, 1.54) is 0 Å². The minimum atomic E-state index is -0.485. The maximum absolute atomic E-state index is 11.9. The van der Waals surface area contributed by atoms with Gasteiger partial charge in [0.2, 0.25) is 5.01 Å². The van der Waals surface area contributed by atoms with Crippen molar-refractivity contribution in [3.63, 3.8) is 0 Å². The first-order valence-electron chi connectivity index (χ1n) is 7.25. The fourth-order valence-corrected chi connectivity index (χ4v) is 2.52. The molecule has 1 aromatic heterocycles. The predicted molar refractivity (Wildman–Crippen MR) is 82.8 cm³/mol. The number of hydrogen-bond donors (Lipinski definition) is 1. The van der Waals surface area contributed by atoms with E-state index in [0.717, 1.165) is 37.4 Å². The Morgan fingerprint density at radius 3 is 2.71 bits per heavy atom. The second-order valence-electron chi connectivity index (χ2n) is 4.45. The zero-order chi connectivity index (χ0) is 15.7. The summed E-state index contributed by atoms with van der Waals surface area (Å²) in [7, 11) is 0. The lowest BCUT2D eigenvalue weighted by Gasteiger charge is -2.19. The first kappa shape index (κ1) is 17.6. The molecule has 0 saturated heterocycles. The smallest absolute Gasteiger partial charge is 0.367 e. The minimum Gasteiger partial charge on any atom is -0.461 e. The molecule has 118 valence electrons. The molecule has 21 heavy (non-hydrogen) atoms. The van der Waals surface area contributed by atoms with Crippen molar-refractivity contribution in [1.29, 1.82) is 0 Å². The number of hydrogen-bond acceptors (Lipinski definition) is 6. The van der Waals surface area contributed by atoms with Gasteiger partial charge in [0.1, 0.15) is 5.69 Å². The van der Waals surface area contributed by atoms with E-state index in [9.17, 15) is 9.59 Å². The molecule has 0 bridgehead atoms. The molecule has 0 fully saturated rings. The summed E-state index contributed by atoms with van der Waals surface area (Å²) in [4.78, 5) is 29.7. The molecule has 0 aliphatic rings. The van der Waals surface area contributed by atoms with Crippen LogP contribution in [-0.2, 0) is 4.74 Å². The molecule has 0 radical (unpaired) electrons. The van der Waals surface area contributed by atoms with E-state index in [1.54, 1.807) is 12.3 Å². The summed E-state index contributed by atoms with van der Waals surface area (Å²) < 4.78 is 4.85. The standard InChI is InChI=1S/C14H23N3O3S/c1-4-8-17(5-2)9-7-15-12(18)11-10-21-13(16-11)14(19)20-6-3/h10H,4-9H2,1-3H3,(H,15,18). The van der Waals surface area contributed by atoms with Crippen LogP contribution in [0.15, 0.2) is 5.38 Å². The summed E-state index contributed by atoms with van der Waals surface area (Å²) in [6.45, 7) is 9.63. The van der Waals surface area contributed by atoms with Crippen LogP contribution in [0.3, 0.4) is 0 Å². The van der Waals surface area contributed by atoms with Crippen molar-refractivity contribution in [1.82, 2.24) is 15.2 Å². The van der Waals surface area contributed by atoms with Gasteiger partial charge in [-0.3, -0.25) is 4.79 Å². The average molecular weight is 313 g/mol. The summed E-state index contributed by atoms with van der Waals surface area (Å²) in [6.07, 6.45) is 1.09. The lowest BCUT2D eigenvalue weighted by atomic mass is 10.4. The summed E-state index contributed by atoms with van der Waals surface area (Å²) in [5.74, 6) is -0.740. The van der Waals surface area contributed by atoms with Crippen LogP contribution in [0.4, 0.5) is 0 Å². The first-order valence-corrected chi connectivity index (χ1v) is 8.13. The Balaban J connectivity index is 2.43. The van der Waals surface area contributed by atoms with Gasteiger partial charge < -0.3 is 15.0 Å². The van der Waals surface area contributed by atoms with Crippen LogP contribution in [0.5, 0.6) is 0 Å². The summed E-state index contributed by atoms with van der Waals surface area (Å²) in [5, 5.41) is 4.60. The van der Waals surface area contributed by atoms with E-state index in [-0.39, 0.29) is 16.6 Å². The zero-order valence-corrected chi connectivity index (χ0v) is 13.7. The van der Waals surface area contributed by atoms with Crippen molar-refractivity contribution in [3.8, 4) is 0 Å². The Labute approximate surface area is 129 Å². The summed E-state index contributed by atoms with van der Waals surface area (Å²) in [6, 6.07) is 0. The van der Waals surface area contributed by atoms with E-state index in [2.05, 4.69) is 29.0 Å². The topological polar surface area (TPSA) is 71.5 Å². The van der Waals surface area contributed by atoms with Gasteiger partial charge in [-0.1, -0.05) is 13.8 Å². The van der Waals surface area contributed by atoms with Gasteiger partial charge in [0, 0.05) is 18.5 Å². The van der Waals surface area contributed by atoms with E-state index >= 15 is 0 Å². The molecule has 1 aromatic rings. The number of amides is 1. The summed E-state index contributed by atoms with van der Waals surface area (Å²) >= 11 is 1.12. The maximum atomic E-state index is 11.9. The lowest BCUT2D eigenvalue weighted by Crippen LogP contribution is -2.35. The van der Waals surface area contributed by atoms with Crippen molar-refractivity contribution in [2.24, 2.45) is 0 Å². The van der Waals surface area contributed by atoms with Gasteiger partial charge in [-0.15, -0.1) is 11.3 Å². The molecule has 1 amide bonds. The second-order valence-corrected chi connectivity index (χ2v) is 5.31. The molecule has 0 unspecified atom stereocenters. The number of ether oxygens (including phenoxy) is 1. The zero-order valence-electron chi connectivity index (χ0n) is 12.8. The highest BCUT2D eigenvalue weighted by atomic mass is 32.1. The van der Waals surface area contributed by atoms with Crippen LogP contribution in [0.25, 0.3) is 0 Å². The maximum Gasteiger partial charge on any atom is 0.367 e. The summed E-state index contributed by atoms with van der Waals surface area (Å²) in [5.41, 5.74) is 0.265. The van der Waals surface area contributed by atoms with E-state index in [0.29, 0.717) is 13.2 Å². The van der Waals surface area contributed by atoms with Gasteiger partial charge in [-0.25, -0.2) is 9.78 Å². The fourth-order valence-electron chi connectivity index (χ4n) is 1.83. The molecule has 7 heteroatoms. The predicted octanol–water partition coefficient (Wildman–Crippen LogP) is 1.78. The molecule has 1 rings (SSSR count). The molecular formula is C14H23N3O3S. The van der Waals surface area contributed by atoms with Gasteiger partial charge in [0.25, 0.3) is 5.91 Å². The first-order chi connectivity index (χ1) is 10.1. The molecule has 6 nitrogen and oxygen atoms in total. The third-order valence-electron chi connectivity index (χ3n) is 2.89. The van der Waals surface area contributed by atoms with Crippen LogP contribution in [0.1, 0.15) is 47.5 Å². The van der Waals surface area contributed by atoms with Crippen LogP contribution in [0, 0.1) is 0 Å². The molecule has 0 spiro atoms. The SMILES string of the molecule is CCCN(CC)CCNC(=O)c1csc(C(=O)OCC)n1. The van der Waals surface area contributed by atoms with Crippen LogP contribution in [0.2, 0.25) is 0 Å². The number of esters is 1. The highest BCUT2D eigenvalue weighted by Gasteiger charge is 2.16. The number of nitrogens with one attached hydrogen (secondary N) is 1. The molecule has 1 heterocycles. The van der Waals surface area contributed by atoms with E-state index in [1.807, 2.05) is 0 Å². The number of rotatable bonds is 9. The molecule has 0 aliphatic heterocycles. The lowest BCUT2D eigenvalue weighted by molar-refractivity contribution is 0.0526. The highest BCUT2D eigenvalue weighted by molar-refractivity contribution is 7.11. The van der Waals surface area contributed by atoms with Crippen molar-refractivity contribution in [2.75, 3.05) is 32.8 Å². The van der Waals surface area contributed by atoms with Crippen molar-refractivity contribution in [3.05, 3.63) is 16.1 Å². The van der Waals surface area contributed by atoms with Crippen molar-refractivity contribution < 1.29 is 14.3 Å². The van der Waals surface area contributed by atoms with E-state index in [4.69, 9.17) is 4.74 Å². The van der Waals surface area contributed by atoms with E-state index < -0.39 is 5.97 Å². The Morgan fingerprint density at radius 2 is 2.10 bits per heavy atom. The van der Waals surface area contributed by atoms with Gasteiger partial charge in [0.05, 0.1) is 6.61 Å². The third kappa shape index (κ3) is 5.81. The monoisotopic (exact) mass is 313 g/mol. The number of aromatic nitrogens is 1. The van der Waals surface area contributed by atoms with Gasteiger partial charge in [0.15, 0.2) is 0 Å². The largest absolute Gasteiger partial charge is 0.461 e. The fraction of sp³-hybridized carbons (Fsp3) is 0.643. The Hall–Kier alpha value is -1.47.